The van der Waals surface area contributed by atoms with Gasteiger partial charge in [0.15, 0.2) is 6.61 Å². The maximum absolute atomic E-state index is 11.9. The first-order valence-electron chi connectivity index (χ1n) is 7.23. The van der Waals surface area contributed by atoms with E-state index in [1.54, 1.807) is 40.5 Å². The highest BCUT2D eigenvalue weighted by Crippen LogP contribution is 2.11. The number of nitrogens with one attached hydrogen (secondary N) is 1. The van der Waals surface area contributed by atoms with E-state index in [0.717, 1.165) is 4.88 Å². The Morgan fingerprint density at radius 1 is 1.29 bits per heavy atom. The van der Waals surface area contributed by atoms with Crippen LogP contribution in [0.5, 0.6) is 0 Å². The van der Waals surface area contributed by atoms with Gasteiger partial charge in [-0.15, -0.1) is 11.3 Å². The zero-order valence-corrected chi connectivity index (χ0v) is 13.5. The molecule has 0 fully saturated rings. The Kier molecular flexibility index (Phi) is 5.07. The third-order valence-electron chi connectivity index (χ3n) is 3.11. The van der Waals surface area contributed by atoms with E-state index in [9.17, 15) is 9.59 Å². The molecule has 0 aliphatic carbocycles. The second-order valence-corrected chi connectivity index (χ2v) is 5.93. The molecule has 24 heavy (non-hydrogen) atoms. The molecular formula is C16H15N3O4S. The molecule has 0 saturated heterocycles. The number of hydrogen-bond acceptors (Lipinski definition) is 6. The van der Waals surface area contributed by atoms with Crippen LogP contribution in [0.1, 0.15) is 21.2 Å². The number of amides is 1. The zero-order chi connectivity index (χ0) is 16.8. The summed E-state index contributed by atoms with van der Waals surface area (Å²) in [6.07, 6.45) is 3.45. The number of furan rings is 1. The summed E-state index contributed by atoms with van der Waals surface area (Å²) < 4.78 is 12.0. The smallest absolute Gasteiger partial charge is 0.374 e. The number of thiophene rings is 1. The molecular weight excluding hydrogens is 330 g/mol. The minimum atomic E-state index is -0.673. The minimum absolute atomic E-state index is 0.0585. The second-order valence-electron chi connectivity index (χ2n) is 4.90. The van der Waals surface area contributed by atoms with Gasteiger partial charge >= 0.3 is 5.97 Å². The van der Waals surface area contributed by atoms with Crippen LogP contribution >= 0.6 is 11.3 Å². The molecule has 8 heteroatoms. The highest BCUT2D eigenvalue weighted by molar-refractivity contribution is 7.09. The molecule has 3 aromatic rings. The Hall–Kier alpha value is -2.87. The largest absolute Gasteiger partial charge is 0.452 e. The number of nitrogens with zero attached hydrogens (tertiary/aromatic N) is 2. The maximum Gasteiger partial charge on any atom is 0.374 e. The lowest BCUT2D eigenvalue weighted by atomic mass is 10.4. The first-order valence-corrected chi connectivity index (χ1v) is 8.11. The third kappa shape index (κ3) is 4.32. The van der Waals surface area contributed by atoms with Gasteiger partial charge in [0.1, 0.15) is 5.76 Å². The summed E-state index contributed by atoms with van der Waals surface area (Å²) in [7, 11) is 0. The average molecular weight is 345 g/mol. The lowest BCUT2D eigenvalue weighted by Gasteiger charge is -2.04. The molecule has 0 bridgehead atoms. The van der Waals surface area contributed by atoms with E-state index in [4.69, 9.17) is 9.15 Å². The first kappa shape index (κ1) is 16.0. The van der Waals surface area contributed by atoms with Crippen LogP contribution < -0.4 is 5.32 Å². The van der Waals surface area contributed by atoms with Gasteiger partial charge < -0.3 is 14.5 Å². The standard InChI is InChI=1S/C16H15N3O4S/c20-15(17-9-13-3-1-8-24-13)11-22-16(21)14-5-4-12(23-14)10-19-7-2-6-18-19/h1-8H,9-11H2,(H,17,20). The van der Waals surface area contributed by atoms with Crippen molar-refractivity contribution in [1.82, 2.24) is 15.1 Å². The van der Waals surface area contributed by atoms with Gasteiger partial charge in [0.25, 0.3) is 5.91 Å². The summed E-state index contributed by atoms with van der Waals surface area (Å²) in [6.45, 7) is 0.490. The number of rotatable bonds is 7. The van der Waals surface area contributed by atoms with Crippen LogP contribution in [0, 0.1) is 0 Å². The molecule has 3 heterocycles. The highest BCUT2D eigenvalue weighted by Gasteiger charge is 2.15. The first-order chi connectivity index (χ1) is 11.7. The predicted molar refractivity (Wildman–Crippen MR) is 86.5 cm³/mol. The predicted octanol–water partition coefficient (Wildman–Crippen LogP) is 2.06. The van der Waals surface area contributed by atoms with Crippen LogP contribution in [0.2, 0.25) is 0 Å². The number of carbonyl (C=O) groups is 2. The van der Waals surface area contributed by atoms with Crippen LogP contribution in [0.4, 0.5) is 0 Å². The van der Waals surface area contributed by atoms with Gasteiger partial charge in [0.2, 0.25) is 5.76 Å². The lowest BCUT2D eigenvalue weighted by Crippen LogP contribution is -2.28. The Morgan fingerprint density at radius 2 is 2.21 bits per heavy atom. The monoisotopic (exact) mass is 345 g/mol. The summed E-state index contributed by atoms with van der Waals surface area (Å²) in [5, 5.41) is 8.66. The third-order valence-corrected chi connectivity index (χ3v) is 3.99. The molecule has 0 unspecified atom stereocenters. The van der Waals surface area contributed by atoms with E-state index in [1.807, 2.05) is 17.5 Å². The van der Waals surface area contributed by atoms with Crippen molar-refractivity contribution in [2.24, 2.45) is 0 Å². The fourth-order valence-electron chi connectivity index (χ4n) is 1.98. The van der Waals surface area contributed by atoms with E-state index in [1.165, 1.54) is 6.07 Å². The fraction of sp³-hybridized carbons (Fsp3) is 0.188. The van der Waals surface area contributed by atoms with E-state index in [2.05, 4.69) is 10.4 Å². The maximum atomic E-state index is 11.9. The van der Waals surface area contributed by atoms with Gasteiger partial charge in [0.05, 0.1) is 13.1 Å². The van der Waals surface area contributed by atoms with Gasteiger partial charge in [-0.2, -0.15) is 5.10 Å². The Morgan fingerprint density at radius 3 is 2.96 bits per heavy atom. The molecule has 0 aliphatic rings. The van der Waals surface area contributed by atoms with Crippen molar-refractivity contribution in [3.8, 4) is 0 Å². The van der Waals surface area contributed by atoms with Crippen molar-refractivity contribution in [1.29, 1.82) is 0 Å². The zero-order valence-electron chi connectivity index (χ0n) is 12.7. The van der Waals surface area contributed by atoms with E-state index >= 15 is 0 Å². The van der Waals surface area contributed by atoms with Gasteiger partial charge in [-0.25, -0.2) is 4.79 Å². The van der Waals surface area contributed by atoms with Gasteiger partial charge in [-0.1, -0.05) is 6.07 Å². The molecule has 0 spiro atoms. The van der Waals surface area contributed by atoms with Crippen molar-refractivity contribution in [2.75, 3.05) is 6.61 Å². The Labute approximate surface area is 141 Å². The summed E-state index contributed by atoms with van der Waals surface area (Å²) in [6, 6.07) is 8.82. The molecule has 0 aromatic carbocycles. The highest BCUT2D eigenvalue weighted by atomic mass is 32.1. The number of carbonyl (C=O) groups excluding carboxylic acids is 2. The molecule has 3 aromatic heterocycles. The summed E-state index contributed by atoms with van der Waals surface area (Å²) in [4.78, 5) is 24.6. The van der Waals surface area contributed by atoms with Crippen LogP contribution in [0.15, 0.2) is 52.5 Å². The van der Waals surface area contributed by atoms with E-state index in [0.29, 0.717) is 18.8 Å². The summed E-state index contributed by atoms with van der Waals surface area (Å²) in [5.74, 6) is -0.399. The molecule has 0 atom stereocenters. The normalized spacial score (nSPS) is 10.5. The molecule has 0 saturated carbocycles. The second kappa shape index (κ2) is 7.60. The van der Waals surface area contributed by atoms with Crippen molar-refractivity contribution >= 4 is 23.2 Å². The molecule has 1 amide bonds. The summed E-state index contributed by atoms with van der Waals surface area (Å²) in [5.41, 5.74) is 0. The van der Waals surface area contributed by atoms with Crippen LogP contribution in [-0.2, 0) is 22.6 Å². The molecule has 0 radical (unpaired) electrons. The van der Waals surface area contributed by atoms with E-state index in [-0.39, 0.29) is 18.3 Å². The van der Waals surface area contributed by atoms with Crippen molar-refractivity contribution in [3.05, 3.63) is 64.5 Å². The topological polar surface area (TPSA) is 86.4 Å². The van der Waals surface area contributed by atoms with Gasteiger partial charge in [-0.3, -0.25) is 9.48 Å². The number of ether oxygens (including phenoxy) is 1. The number of esters is 1. The Balaban J connectivity index is 1.44. The minimum Gasteiger partial charge on any atom is -0.452 e. The molecule has 124 valence electrons. The SMILES string of the molecule is O=C(COC(=O)c1ccc(Cn2cccn2)o1)NCc1cccs1. The summed E-state index contributed by atoms with van der Waals surface area (Å²) >= 11 is 1.55. The van der Waals surface area contributed by atoms with Crippen molar-refractivity contribution in [3.63, 3.8) is 0 Å². The lowest BCUT2D eigenvalue weighted by molar-refractivity contribution is -0.124. The van der Waals surface area contributed by atoms with Crippen molar-refractivity contribution in [2.45, 2.75) is 13.1 Å². The van der Waals surface area contributed by atoms with Crippen LogP contribution in [0.25, 0.3) is 0 Å². The number of aromatic nitrogens is 2. The van der Waals surface area contributed by atoms with Gasteiger partial charge in [-0.05, 0) is 29.6 Å². The quantitative estimate of drug-likeness (QED) is 0.663. The van der Waals surface area contributed by atoms with Crippen molar-refractivity contribution < 1.29 is 18.7 Å². The molecule has 1 N–H and O–H groups in total. The van der Waals surface area contributed by atoms with Gasteiger partial charge in [0, 0.05) is 17.3 Å². The van der Waals surface area contributed by atoms with Crippen LogP contribution in [0.3, 0.4) is 0 Å². The fourth-order valence-corrected chi connectivity index (χ4v) is 2.62. The van der Waals surface area contributed by atoms with Crippen LogP contribution in [-0.4, -0.2) is 28.3 Å². The molecule has 7 nitrogen and oxygen atoms in total. The van der Waals surface area contributed by atoms with E-state index < -0.39 is 5.97 Å². The average Bonchev–Trinajstić information content (AvgIpc) is 3.33. The molecule has 0 aliphatic heterocycles. The Bertz CT molecular complexity index is 793. The number of hydrogen-bond donors (Lipinski definition) is 1. The molecule has 3 rings (SSSR count).